The van der Waals surface area contributed by atoms with Crippen molar-refractivity contribution in [2.45, 2.75) is 20.0 Å². The lowest BCUT2D eigenvalue weighted by atomic mass is 10.2. The van der Waals surface area contributed by atoms with Gasteiger partial charge < -0.3 is 10.1 Å². The summed E-state index contributed by atoms with van der Waals surface area (Å²) in [6.45, 7) is 3.47. The van der Waals surface area contributed by atoms with Gasteiger partial charge in [-0.15, -0.1) is 22.7 Å². The molecule has 0 saturated heterocycles. The second-order valence-corrected chi connectivity index (χ2v) is 7.23. The van der Waals surface area contributed by atoms with Crippen LogP contribution in [0.25, 0.3) is 9.88 Å². The molecule has 0 aliphatic rings. The number of nitrogens with zero attached hydrogens (tertiary/aromatic N) is 1. The summed E-state index contributed by atoms with van der Waals surface area (Å²) in [7, 11) is 0. The third-order valence-electron chi connectivity index (χ3n) is 3.38. The van der Waals surface area contributed by atoms with Crippen molar-refractivity contribution in [1.29, 1.82) is 0 Å². The van der Waals surface area contributed by atoms with E-state index in [2.05, 4.69) is 10.3 Å². The van der Waals surface area contributed by atoms with Crippen LogP contribution in [0.15, 0.2) is 47.2 Å². The summed E-state index contributed by atoms with van der Waals surface area (Å²) in [5, 5.41) is 7.09. The first-order chi connectivity index (χ1) is 12.0. The summed E-state index contributed by atoms with van der Waals surface area (Å²) in [5.74, 6) is -0.987. The molecule has 1 atom stereocenters. The summed E-state index contributed by atoms with van der Waals surface area (Å²) in [6, 6.07) is 11.3. The van der Waals surface area contributed by atoms with Crippen molar-refractivity contribution < 1.29 is 14.3 Å². The highest BCUT2D eigenvalue weighted by atomic mass is 32.1. The van der Waals surface area contributed by atoms with Gasteiger partial charge in [0.1, 0.15) is 5.01 Å². The standard InChI is InChI=1S/C18H16N2O3S2/c1-11-5-3-6-13(9-11)19-16(21)12(2)23-18(22)14-10-25-17(20-14)15-7-4-8-24-15/h3-10,12H,1-2H3,(H,19,21)/t12-/m1/s1. The number of amides is 1. The predicted molar refractivity (Wildman–Crippen MR) is 100 cm³/mol. The topological polar surface area (TPSA) is 68.3 Å². The second-order valence-electron chi connectivity index (χ2n) is 5.42. The average molecular weight is 372 g/mol. The number of carbonyl (C=O) groups excluding carboxylic acids is 2. The third kappa shape index (κ3) is 4.32. The molecule has 0 unspecified atom stereocenters. The Hall–Kier alpha value is -2.51. The Morgan fingerprint density at radius 3 is 2.76 bits per heavy atom. The number of nitrogens with one attached hydrogen (secondary N) is 1. The van der Waals surface area contributed by atoms with Crippen LogP contribution in [0.3, 0.4) is 0 Å². The van der Waals surface area contributed by atoms with Crippen LogP contribution in [0.2, 0.25) is 0 Å². The smallest absolute Gasteiger partial charge is 0.358 e. The molecule has 1 amide bonds. The van der Waals surface area contributed by atoms with Crippen molar-refractivity contribution in [3.05, 3.63) is 58.4 Å². The summed E-state index contributed by atoms with van der Waals surface area (Å²) in [6.07, 6.45) is -0.917. The van der Waals surface area contributed by atoms with E-state index in [0.717, 1.165) is 15.4 Å². The van der Waals surface area contributed by atoms with Crippen molar-refractivity contribution in [2.75, 3.05) is 5.32 Å². The van der Waals surface area contributed by atoms with Gasteiger partial charge in [0.25, 0.3) is 5.91 Å². The fourth-order valence-electron chi connectivity index (χ4n) is 2.12. The number of anilines is 1. The first kappa shape index (κ1) is 17.3. The van der Waals surface area contributed by atoms with E-state index >= 15 is 0 Å². The minimum atomic E-state index is -0.917. The van der Waals surface area contributed by atoms with E-state index < -0.39 is 12.1 Å². The Bertz CT molecular complexity index is 887. The fraction of sp³-hybridized carbons (Fsp3) is 0.167. The van der Waals surface area contributed by atoms with Crippen molar-refractivity contribution in [3.8, 4) is 9.88 Å². The van der Waals surface area contributed by atoms with Gasteiger partial charge in [0.05, 0.1) is 4.88 Å². The van der Waals surface area contributed by atoms with Crippen molar-refractivity contribution in [3.63, 3.8) is 0 Å². The number of hydrogen-bond donors (Lipinski definition) is 1. The molecular formula is C18H16N2O3S2. The lowest BCUT2D eigenvalue weighted by molar-refractivity contribution is -0.123. The number of thiazole rings is 1. The number of aromatic nitrogens is 1. The van der Waals surface area contributed by atoms with E-state index in [1.807, 2.05) is 42.6 Å². The number of benzene rings is 1. The Morgan fingerprint density at radius 1 is 1.20 bits per heavy atom. The first-order valence-corrected chi connectivity index (χ1v) is 9.37. The maximum absolute atomic E-state index is 12.2. The highest BCUT2D eigenvalue weighted by Gasteiger charge is 2.21. The number of thiophene rings is 1. The van der Waals surface area contributed by atoms with Crippen molar-refractivity contribution in [2.24, 2.45) is 0 Å². The van der Waals surface area contributed by atoms with Gasteiger partial charge in [-0.05, 0) is 43.0 Å². The van der Waals surface area contributed by atoms with E-state index in [1.165, 1.54) is 18.3 Å². The zero-order valence-electron chi connectivity index (χ0n) is 13.7. The summed E-state index contributed by atoms with van der Waals surface area (Å²) >= 11 is 2.93. The van der Waals surface area contributed by atoms with Crippen LogP contribution in [0.1, 0.15) is 23.0 Å². The largest absolute Gasteiger partial charge is 0.448 e. The molecule has 128 valence electrons. The molecule has 25 heavy (non-hydrogen) atoms. The van der Waals surface area contributed by atoms with Crippen LogP contribution in [-0.2, 0) is 9.53 Å². The highest BCUT2D eigenvalue weighted by molar-refractivity contribution is 7.20. The van der Waals surface area contributed by atoms with Gasteiger partial charge in [-0.25, -0.2) is 9.78 Å². The Labute approximate surface area is 153 Å². The molecule has 5 nitrogen and oxygen atoms in total. The Morgan fingerprint density at radius 2 is 2.04 bits per heavy atom. The molecule has 2 heterocycles. The van der Waals surface area contributed by atoms with E-state index in [9.17, 15) is 9.59 Å². The monoisotopic (exact) mass is 372 g/mol. The maximum atomic E-state index is 12.2. The minimum absolute atomic E-state index is 0.212. The molecule has 0 aliphatic carbocycles. The van der Waals surface area contributed by atoms with Gasteiger partial charge in [-0.1, -0.05) is 18.2 Å². The molecular weight excluding hydrogens is 356 g/mol. The normalized spacial score (nSPS) is 11.8. The van der Waals surface area contributed by atoms with Crippen LogP contribution >= 0.6 is 22.7 Å². The molecule has 0 saturated carbocycles. The SMILES string of the molecule is Cc1cccc(NC(=O)[C@@H](C)OC(=O)c2csc(-c3cccs3)n2)c1. The van der Waals surface area contributed by atoms with E-state index in [0.29, 0.717) is 5.69 Å². The van der Waals surface area contributed by atoms with Crippen LogP contribution < -0.4 is 5.32 Å². The number of esters is 1. The van der Waals surface area contributed by atoms with Gasteiger partial charge in [-0.3, -0.25) is 4.79 Å². The first-order valence-electron chi connectivity index (χ1n) is 7.61. The van der Waals surface area contributed by atoms with E-state index in [1.54, 1.807) is 22.8 Å². The number of carbonyl (C=O) groups is 2. The van der Waals surface area contributed by atoms with Crippen LogP contribution in [0, 0.1) is 6.92 Å². The molecule has 3 rings (SSSR count). The molecule has 0 spiro atoms. The number of hydrogen-bond acceptors (Lipinski definition) is 6. The zero-order chi connectivity index (χ0) is 17.8. The molecule has 0 fully saturated rings. The molecule has 1 aromatic carbocycles. The Kier molecular flexibility index (Phi) is 5.25. The van der Waals surface area contributed by atoms with Gasteiger partial charge in [-0.2, -0.15) is 0 Å². The van der Waals surface area contributed by atoms with Crippen LogP contribution in [0.5, 0.6) is 0 Å². The number of ether oxygens (including phenoxy) is 1. The van der Waals surface area contributed by atoms with Crippen LogP contribution in [-0.4, -0.2) is 23.0 Å². The van der Waals surface area contributed by atoms with E-state index in [-0.39, 0.29) is 11.6 Å². The fourth-order valence-corrected chi connectivity index (χ4v) is 3.73. The molecule has 0 radical (unpaired) electrons. The average Bonchev–Trinajstić information content (AvgIpc) is 3.26. The number of aryl methyl sites for hydroxylation is 1. The maximum Gasteiger partial charge on any atom is 0.358 e. The molecule has 2 aromatic heterocycles. The van der Waals surface area contributed by atoms with Crippen molar-refractivity contribution in [1.82, 2.24) is 4.98 Å². The summed E-state index contributed by atoms with van der Waals surface area (Å²) in [5.41, 5.74) is 1.91. The third-order valence-corrected chi connectivity index (χ3v) is 5.27. The van der Waals surface area contributed by atoms with E-state index in [4.69, 9.17) is 4.74 Å². The second kappa shape index (κ2) is 7.58. The van der Waals surface area contributed by atoms with Crippen LogP contribution in [0.4, 0.5) is 5.69 Å². The number of rotatable bonds is 5. The quantitative estimate of drug-likeness (QED) is 0.676. The minimum Gasteiger partial charge on any atom is -0.448 e. The van der Waals surface area contributed by atoms with Gasteiger partial charge in [0.2, 0.25) is 0 Å². The molecule has 1 N–H and O–H groups in total. The van der Waals surface area contributed by atoms with Crippen molar-refractivity contribution >= 4 is 40.2 Å². The van der Waals surface area contributed by atoms with Gasteiger partial charge in [0.15, 0.2) is 11.8 Å². The Balaban J connectivity index is 1.61. The summed E-state index contributed by atoms with van der Waals surface area (Å²) in [4.78, 5) is 29.7. The molecule has 7 heteroatoms. The zero-order valence-corrected chi connectivity index (χ0v) is 15.3. The van der Waals surface area contributed by atoms with Gasteiger partial charge >= 0.3 is 5.97 Å². The summed E-state index contributed by atoms with van der Waals surface area (Å²) < 4.78 is 5.23. The molecule has 3 aromatic rings. The predicted octanol–water partition coefficient (Wildman–Crippen LogP) is 4.36. The van der Waals surface area contributed by atoms with Gasteiger partial charge in [0, 0.05) is 11.1 Å². The highest BCUT2D eigenvalue weighted by Crippen LogP contribution is 2.28. The lowest BCUT2D eigenvalue weighted by Gasteiger charge is -2.13. The molecule has 0 aliphatic heterocycles. The molecule has 0 bridgehead atoms. The lowest BCUT2D eigenvalue weighted by Crippen LogP contribution is -2.30.